The van der Waals surface area contributed by atoms with Gasteiger partial charge in [0.15, 0.2) is 0 Å². The molecule has 2 fully saturated rings. The number of aliphatic hydroxyl groups is 3. The van der Waals surface area contributed by atoms with Gasteiger partial charge in [-0.15, -0.1) is 0 Å². The maximum atomic E-state index is 11.3. The number of benzene rings is 2. The summed E-state index contributed by atoms with van der Waals surface area (Å²) in [5, 5.41) is 33.1. The Morgan fingerprint density at radius 2 is 1.55 bits per heavy atom. The molecule has 0 bridgehead atoms. The molecule has 0 radical (unpaired) electrons. The molecule has 6 heteroatoms. The van der Waals surface area contributed by atoms with Crippen molar-refractivity contribution in [2.24, 2.45) is 0 Å². The molecule has 2 aromatic carbocycles. The first-order valence-electron chi connectivity index (χ1n) is 12.0. The van der Waals surface area contributed by atoms with Crippen molar-refractivity contribution in [1.82, 2.24) is 4.90 Å². The Morgan fingerprint density at radius 3 is 2.18 bits per heavy atom. The summed E-state index contributed by atoms with van der Waals surface area (Å²) in [6.07, 6.45) is 0.963. The summed E-state index contributed by atoms with van der Waals surface area (Å²) in [6.45, 7) is 9.16. The van der Waals surface area contributed by atoms with Crippen molar-refractivity contribution in [1.29, 1.82) is 0 Å². The van der Waals surface area contributed by atoms with Gasteiger partial charge in [-0.1, -0.05) is 23.8 Å². The molecule has 0 aromatic heterocycles. The van der Waals surface area contributed by atoms with Gasteiger partial charge in [-0.2, -0.15) is 0 Å². The van der Waals surface area contributed by atoms with E-state index in [0.29, 0.717) is 38.1 Å². The number of aliphatic hydroxyl groups excluding tert-OH is 1. The summed E-state index contributed by atoms with van der Waals surface area (Å²) in [5.74, 6) is 0.701. The fourth-order valence-electron chi connectivity index (χ4n) is 5.16. The lowest BCUT2D eigenvalue weighted by Crippen LogP contribution is -2.62. The molecular weight excluding hydrogens is 416 g/mol. The van der Waals surface area contributed by atoms with Crippen molar-refractivity contribution < 1.29 is 20.1 Å². The molecule has 180 valence electrons. The Bertz CT molecular complexity index is 919. The third kappa shape index (κ3) is 5.87. The minimum Gasteiger partial charge on any atom is -0.490 e. The zero-order valence-corrected chi connectivity index (χ0v) is 20.1. The van der Waals surface area contributed by atoms with E-state index in [1.54, 1.807) is 0 Å². The molecule has 2 aliphatic rings. The van der Waals surface area contributed by atoms with E-state index in [9.17, 15) is 15.3 Å². The van der Waals surface area contributed by atoms with Crippen molar-refractivity contribution in [3.63, 3.8) is 0 Å². The van der Waals surface area contributed by atoms with Gasteiger partial charge in [0.05, 0.1) is 11.7 Å². The zero-order valence-electron chi connectivity index (χ0n) is 20.1. The van der Waals surface area contributed by atoms with Crippen LogP contribution in [0.1, 0.15) is 36.0 Å². The van der Waals surface area contributed by atoms with Crippen LogP contribution in [0.2, 0.25) is 0 Å². The van der Waals surface area contributed by atoms with Crippen LogP contribution in [0.3, 0.4) is 0 Å². The second kappa shape index (κ2) is 9.63. The van der Waals surface area contributed by atoms with Crippen molar-refractivity contribution >= 4 is 5.69 Å². The normalized spacial score (nSPS) is 25.8. The molecular formula is C27H38N2O4. The van der Waals surface area contributed by atoms with E-state index in [-0.39, 0.29) is 13.2 Å². The fraction of sp³-hybridized carbons (Fsp3) is 0.556. The number of aryl methyl sites for hydroxylation is 3. The number of ether oxygens (including phenoxy) is 1. The highest BCUT2D eigenvalue weighted by molar-refractivity contribution is 5.48. The standard InChI is InChI=1S/C27H38N2O4/c1-20-4-6-23(7-5-20)29-12-9-26(31,10-13-29)17-28-11-8-25(30)27(32,18-28)19-33-24-15-21(2)14-22(3)16-24/h4-7,14-16,25,30-32H,8-13,17-19H2,1-3H3/t25-,27-/m0/s1. The SMILES string of the molecule is Cc1ccc(N2CCC(O)(CN3CC[C@H](O)[C@@](O)(COc4cc(C)cc(C)c4)C3)CC2)cc1. The number of anilines is 1. The largest absolute Gasteiger partial charge is 0.490 e. The number of hydrogen-bond acceptors (Lipinski definition) is 6. The topological polar surface area (TPSA) is 76.4 Å². The van der Waals surface area contributed by atoms with Crippen molar-refractivity contribution in [3.8, 4) is 5.75 Å². The van der Waals surface area contributed by atoms with Gasteiger partial charge >= 0.3 is 0 Å². The lowest BCUT2D eigenvalue weighted by molar-refractivity contribution is -0.149. The van der Waals surface area contributed by atoms with Crippen LogP contribution < -0.4 is 9.64 Å². The van der Waals surface area contributed by atoms with Gasteiger partial charge in [0, 0.05) is 38.4 Å². The highest BCUT2D eigenvalue weighted by atomic mass is 16.5. The molecule has 2 aromatic rings. The second-order valence-electron chi connectivity index (χ2n) is 10.3. The van der Waals surface area contributed by atoms with Gasteiger partial charge in [-0.05, 0) is 75.4 Å². The van der Waals surface area contributed by atoms with Crippen molar-refractivity contribution in [2.45, 2.75) is 57.3 Å². The summed E-state index contributed by atoms with van der Waals surface area (Å²) in [6, 6.07) is 14.5. The van der Waals surface area contributed by atoms with E-state index in [0.717, 1.165) is 24.2 Å². The molecule has 3 N–H and O–H groups in total. The minimum absolute atomic E-state index is 0.0210. The van der Waals surface area contributed by atoms with Gasteiger partial charge in [0.25, 0.3) is 0 Å². The molecule has 2 atom stereocenters. The molecule has 6 nitrogen and oxygen atoms in total. The minimum atomic E-state index is -1.37. The van der Waals surface area contributed by atoms with E-state index >= 15 is 0 Å². The monoisotopic (exact) mass is 454 g/mol. The predicted octanol–water partition coefficient (Wildman–Crippen LogP) is 2.82. The third-order valence-corrected chi connectivity index (χ3v) is 7.13. The smallest absolute Gasteiger partial charge is 0.137 e. The van der Waals surface area contributed by atoms with E-state index in [2.05, 4.69) is 47.1 Å². The summed E-state index contributed by atoms with van der Waals surface area (Å²) in [5.41, 5.74) is 2.48. The Kier molecular flexibility index (Phi) is 7.01. The van der Waals surface area contributed by atoms with Crippen LogP contribution in [0.5, 0.6) is 5.75 Å². The Balaban J connectivity index is 1.34. The van der Waals surface area contributed by atoms with Crippen molar-refractivity contribution in [2.75, 3.05) is 44.2 Å². The average molecular weight is 455 g/mol. The highest BCUT2D eigenvalue weighted by Gasteiger charge is 2.44. The molecule has 2 saturated heterocycles. The second-order valence-corrected chi connectivity index (χ2v) is 10.3. The number of rotatable bonds is 6. The molecule has 0 spiro atoms. The van der Waals surface area contributed by atoms with E-state index < -0.39 is 17.3 Å². The maximum absolute atomic E-state index is 11.3. The fourth-order valence-corrected chi connectivity index (χ4v) is 5.16. The van der Waals surface area contributed by atoms with Crippen LogP contribution in [0.25, 0.3) is 0 Å². The van der Waals surface area contributed by atoms with Gasteiger partial charge in [-0.25, -0.2) is 0 Å². The highest BCUT2D eigenvalue weighted by Crippen LogP contribution is 2.30. The van der Waals surface area contributed by atoms with Crippen LogP contribution >= 0.6 is 0 Å². The quantitative estimate of drug-likeness (QED) is 0.623. The van der Waals surface area contributed by atoms with Crippen LogP contribution in [0.15, 0.2) is 42.5 Å². The molecule has 0 unspecified atom stereocenters. The lowest BCUT2D eigenvalue weighted by atomic mass is 9.86. The molecule has 4 rings (SSSR count). The molecule has 0 saturated carbocycles. The molecule has 2 heterocycles. The van der Waals surface area contributed by atoms with E-state index in [4.69, 9.17) is 4.74 Å². The van der Waals surface area contributed by atoms with E-state index in [1.165, 1.54) is 11.3 Å². The predicted molar refractivity (Wildman–Crippen MR) is 131 cm³/mol. The zero-order chi connectivity index (χ0) is 23.6. The van der Waals surface area contributed by atoms with Gasteiger partial charge in [-0.3, -0.25) is 4.90 Å². The summed E-state index contributed by atoms with van der Waals surface area (Å²) < 4.78 is 5.91. The number of piperidine rings is 2. The third-order valence-electron chi connectivity index (χ3n) is 7.13. The van der Waals surface area contributed by atoms with Crippen LogP contribution in [-0.4, -0.2) is 76.9 Å². The summed E-state index contributed by atoms with van der Waals surface area (Å²) in [4.78, 5) is 4.40. The van der Waals surface area contributed by atoms with E-state index in [1.807, 2.05) is 26.0 Å². The van der Waals surface area contributed by atoms with Crippen LogP contribution in [-0.2, 0) is 0 Å². The Hall–Kier alpha value is -2.12. The average Bonchev–Trinajstić information content (AvgIpc) is 2.76. The number of hydrogen-bond donors (Lipinski definition) is 3. The number of nitrogens with zero attached hydrogens (tertiary/aromatic N) is 2. The van der Waals surface area contributed by atoms with Gasteiger partial charge in [0.1, 0.15) is 18.0 Å². The maximum Gasteiger partial charge on any atom is 0.137 e. The van der Waals surface area contributed by atoms with Gasteiger partial charge < -0.3 is 25.0 Å². The first-order valence-corrected chi connectivity index (χ1v) is 12.0. The molecule has 33 heavy (non-hydrogen) atoms. The Morgan fingerprint density at radius 1 is 0.909 bits per heavy atom. The molecule has 0 aliphatic carbocycles. The number of β-amino-alcohol motifs (C(OH)–C–C–N with tert-alkyl or cyclic N) is 2. The summed E-state index contributed by atoms with van der Waals surface area (Å²) >= 11 is 0. The van der Waals surface area contributed by atoms with Gasteiger partial charge in [0.2, 0.25) is 0 Å². The Labute approximate surface area is 197 Å². The number of likely N-dealkylation sites (tertiary alicyclic amines) is 1. The lowest BCUT2D eigenvalue weighted by Gasteiger charge is -2.46. The molecule has 2 aliphatic heterocycles. The first kappa shape index (κ1) is 24.0. The first-order chi connectivity index (χ1) is 15.6. The van der Waals surface area contributed by atoms with Crippen molar-refractivity contribution in [3.05, 3.63) is 59.2 Å². The van der Waals surface area contributed by atoms with Crippen LogP contribution in [0, 0.1) is 20.8 Å². The van der Waals surface area contributed by atoms with Crippen LogP contribution in [0.4, 0.5) is 5.69 Å². The summed E-state index contributed by atoms with van der Waals surface area (Å²) in [7, 11) is 0. The molecule has 0 amide bonds.